The molecule has 0 radical (unpaired) electrons. The SMILES string of the molecule is CC(=NCC(=N)N)c1ccc(CCc2ccc(/C(C)=N/N=C(N)N)cc2)cc1. The van der Waals surface area contributed by atoms with Crippen LogP contribution in [0.4, 0.5) is 0 Å². The van der Waals surface area contributed by atoms with Crippen molar-refractivity contribution in [3.05, 3.63) is 70.8 Å². The first kappa shape index (κ1) is 20.8. The molecule has 7 nitrogen and oxygen atoms in total. The zero-order valence-corrected chi connectivity index (χ0v) is 16.3. The molecule has 0 saturated carbocycles. The van der Waals surface area contributed by atoms with Crippen LogP contribution in [-0.4, -0.2) is 29.8 Å². The minimum atomic E-state index is -0.0534. The monoisotopic (exact) mass is 377 g/mol. The Morgan fingerprint density at radius 3 is 1.64 bits per heavy atom. The van der Waals surface area contributed by atoms with E-state index in [-0.39, 0.29) is 18.3 Å². The highest BCUT2D eigenvalue weighted by atomic mass is 15.3. The normalized spacial score (nSPS) is 11.9. The topological polar surface area (TPSA) is 139 Å². The lowest BCUT2D eigenvalue weighted by molar-refractivity contribution is 0.960. The predicted octanol–water partition coefficient (Wildman–Crippen LogP) is 2.21. The third-order valence-electron chi connectivity index (χ3n) is 4.25. The number of hydrogen-bond donors (Lipinski definition) is 4. The summed E-state index contributed by atoms with van der Waals surface area (Å²) in [6.07, 6.45) is 1.89. The van der Waals surface area contributed by atoms with Crippen LogP contribution in [0.15, 0.2) is 63.7 Å². The van der Waals surface area contributed by atoms with Gasteiger partial charge in [0.2, 0.25) is 5.96 Å². The molecule has 28 heavy (non-hydrogen) atoms. The van der Waals surface area contributed by atoms with E-state index in [9.17, 15) is 0 Å². The van der Waals surface area contributed by atoms with E-state index in [1.165, 1.54) is 11.1 Å². The van der Waals surface area contributed by atoms with Gasteiger partial charge in [0.05, 0.1) is 12.3 Å². The summed E-state index contributed by atoms with van der Waals surface area (Å²) >= 11 is 0. The predicted molar refractivity (Wildman–Crippen MR) is 117 cm³/mol. The van der Waals surface area contributed by atoms with Crippen molar-refractivity contribution in [2.24, 2.45) is 32.4 Å². The molecule has 0 unspecified atom stereocenters. The first-order valence-electron chi connectivity index (χ1n) is 9.01. The molecule has 2 aromatic carbocycles. The van der Waals surface area contributed by atoms with Crippen molar-refractivity contribution in [3.63, 3.8) is 0 Å². The van der Waals surface area contributed by atoms with E-state index in [0.29, 0.717) is 0 Å². The molecular weight excluding hydrogens is 350 g/mol. The van der Waals surface area contributed by atoms with Crippen LogP contribution in [0.3, 0.4) is 0 Å². The molecule has 0 amide bonds. The third kappa shape index (κ3) is 6.68. The Morgan fingerprint density at radius 1 is 0.750 bits per heavy atom. The number of aryl methyl sites for hydroxylation is 2. The van der Waals surface area contributed by atoms with E-state index < -0.39 is 0 Å². The maximum absolute atomic E-state index is 7.24. The number of nitrogens with two attached hydrogens (primary N) is 3. The zero-order valence-electron chi connectivity index (χ0n) is 16.3. The van der Waals surface area contributed by atoms with Crippen LogP contribution < -0.4 is 17.2 Å². The molecule has 0 aliphatic heterocycles. The number of nitrogens with zero attached hydrogens (tertiary/aromatic N) is 3. The Kier molecular flexibility index (Phi) is 7.45. The van der Waals surface area contributed by atoms with E-state index in [0.717, 1.165) is 35.4 Å². The Hall–Kier alpha value is -3.48. The third-order valence-corrected chi connectivity index (χ3v) is 4.25. The molecule has 0 spiro atoms. The summed E-state index contributed by atoms with van der Waals surface area (Å²) in [7, 11) is 0. The van der Waals surface area contributed by atoms with Crippen molar-refractivity contribution >= 4 is 23.2 Å². The molecule has 0 aliphatic carbocycles. The number of nitrogens with one attached hydrogen (secondary N) is 1. The molecule has 7 heteroatoms. The molecule has 0 aliphatic rings. The number of hydrogen-bond acceptors (Lipinski definition) is 4. The van der Waals surface area contributed by atoms with E-state index in [2.05, 4.69) is 51.6 Å². The molecule has 0 bridgehead atoms. The van der Waals surface area contributed by atoms with E-state index in [1.54, 1.807) is 0 Å². The van der Waals surface area contributed by atoms with Gasteiger partial charge in [0.1, 0.15) is 5.84 Å². The van der Waals surface area contributed by atoms with Crippen LogP contribution >= 0.6 is 0 Å². The number of benzene rings is 2. The van der Waals surface area contributed by atoms with Gasteiger partial charge in [0.15, 0.2) is 0 Å². The second-order valence-electron chi connectivity index (χ2n) is 6.53. The van der Waals surface area contributed by atoms with Crippen molar-refractivity contribution in [2.75, 3.05) is 6.54 Å². The van der Waals surface area contributed by atoms with Gasteiger partial charge in [0, 0.05) is 5.71 Å². The van der Waals surface area contributed by atoms with Crippen molar-refractivity contribution in [1.82, 2.24) is 0 Å². The van der Waals surface area contributed by atoms with Crippen LogP contribution in [-0.2, 0) is 12.8 Å². The second-order valence-corrected chi connectivity index (χ2v) is 6.53. The summed E-state index contributed by atoms with van der Waals surface area (Å²) < 4.78 is 0. The fourth-order valence-corrected chi connectivity index (χ4v) is 2.60. The molecule has 0 atom stereocenters. The second kappa shape index (κ2) is 10.0. The Labute approximate surface area is 165 Å². The summed E-state index contributed by atoms with van der Waals surface area (Å²) in [5, 5.41) is 14.9. The van der Waals surface area contributed by atoms with Crippen molar-refractivity contribution in [1.29, 1.82) is 5.41 Å². The highest BCUT2D eigenvalue weighted by Gasteiger charge is 2.02. The summed E-state index contributed by atoms with van der Waals surface area (Å²) in [5.74, 6) is 0.0157. The van der Waals surface area contributed by atoms with Gasteiger partial charge in [0.25, 0.3) is 0 Å². The van der Waals surface area contributed by atoms with Gasteiger partial charge < -0.3 is 17.2 Å². The number of aliphatic imine (C=N–C) groups is 1. The lowest BCUT2D eigenvalue weighted by atomic mass is 10.0. The highest BCUT2D eigenvalue weighted by molar-refractivity contribution is 6.00. The van der Waals surface area contributed by atoms with Crippen LogP contribution in [0.2, 0.25) is 0 Å². The fraction of sp³-hybridized carbons (Fsp3) is 0.238. The molecule has 0 heterocycles. The molecule has 146 valence electrons. The Bertz CT molecular complexity index is 887. The molecule has 7 N–H and O–H groups in total. The van der Waals surface area contributed by atoms with Crippen molar-refractivity contribution in [2.45, 2.75) is 26.7 Å². The van der Waals surface area contributed by atoms with Crippen molar-refractivity contribution in [3.8, 4) is 0 Å². The van der Waals surface area contributed by atoms with Gasteiger partial charge in [-0.3, -0.25) is 10.4 Å². The Balaban J connectivity index is 1.95. The summed E-state index contributed by atoms with van der Waals surface area (Å²) in [5.41, 5.74) is 22.1. The molecule has 2 rings (SSSR count). The van der Waals surface area contributed by atoms with E-state index in [4.69, 9.17) is 22.6 Å². The average Bonchev–Trinajstić information content (AvgIpc) is 2.69. The molecule has 0 saturated heterocycles. The maximum Gasteiger partial charge on any atom is 0.211 e. The van der Waals surface area contributed by atoms with Gasteiger partial charge in [-0.1, -0.05) is 48.5 Å². The standard InChI is InChI=1S/C21H27N7/c1-14(26-13-20(22)23)18-9-5-16(6-10-18)3-4-17-7-11-19(12-8-17)15(2)27-28-21(24)25/h5-12H,3-4,13H2,1-2H3,(H3,22,23)(H4,24,25,28)/b26-14?,27-15+. The minimum Gasteiger partial charge on any atom is -0.386 e. The molecule has 2 aromatic rings. The van der Waals surface area contributed by atoms with E-state index in [1.807, 2.05) is 26.0 Å². The van der Waals surface area contributed by atoms with Gasteiger partial charge in [-0.15, -0.1) is 5.10 Å². The Morgan fingerprint density at radius 2 is 1.21 bits per heavy atom. The van der Waals surface area contributed by atoms with Crippen molar-refractivity contribution < 1.29 is 0 Å². The van der Waals surface area contributed by atoms with Gasteiger partial charge in [-0.05, 0) is 48.9 Å². The lowest BCUT2D eigenvalue weighted by Crippen LogP contribution is -2.22. The van der Waals surface area contributed by atoms with E-state index >= 15 is 0 Å². The van der Waals surface area contributed by atoms with Gasteiger partial charge in [-0.2, -0.15) is 5.10 Å². The molecule has 0 fully saturated rings. The lowest BCUT2D eigenvalue weighted by Gasteiger charge is -2.06. The highest BCUT2D eigenvalue weighted by Crippen LogP contribution is 2.12. The van der Waals surface area contributed by atoms with Crippen LogP contribution in [0, 0.1) is 5.41 Å². The summed E-state index contributed by atoms with van der Waals surface area (Å²) in [6.45, 7) is 4.03. The summed E-state index contributed by atoms with van der Waals surface area (Å²) in [4.78, 5) is 4.30. The number of rotatable bonds is 8. The van der Waals surface area contributed by atoms with Gasteiger partial charge in [-0.25, -0.2) is 0 Å². The quantitative estimate of drug-likeness (QED) is 0.318. The van der Waals surface area contributed by atoms with Gasteiger partial charge >= 0.3 is 0 Å². The smallest absolute Gasteiger partial charge is 0.211 e. The van der Waals surface area contributed by atoms with Crippen LogP contribution in [0.25, 0.3) is 0 Å². The van der Waals surface area contributed by atoms with Crippen LogP contribution in [0.5, 0.6) is 0 Å². The number of amidine groups is 1. The zero-order chi connectivity index (χ0) is 20.5. The average molecular weight is 377 g/mol. The van der Waals surface area contributed by atoms with Crippen LogP contribution in [0.1, 0.15) is 36.1 Å². The fourth-order valence-electron chi connectivity index (χ4n) is 2.60. The largest absolute Gasteiger partial charge is 0.386 e. The maximum atomic E-state index is 7.24. The first-order chi connectivity index (χ1) is 13.3. The minimum absolute atomic E-state index is 0.0534. The summed E-state index contributed by atoms with van der Waals surface area (Å²) in [6, 6.07) is 16.6. The molecule has 0 aromatic heterocycles. The molecular formula is C21H27N7. The number of guanidine groups is 1. The first-order valence-corrected chi connectivity index (χ1v) is 9.01.